The van der Waals surface area contributed by atoms with E-state index in [0.717, 1.165) is 43.4 Å². The molecule has 0 radical (unpaired) electrons. The van der Waals surface area contributed by atoms with Gasteiger partial charge in [-0.3, -0.25) is 0 Å². The highest BCUT2D eigenvalue weighted by Gasteiger charge is 2.27. The Bertz CT molecular complexity index is 626. The molecule has 0 aromatic carbocycles. The molecule has 1 saturated carbocycles. The first-order chi connectivity index (χ1) is 9.79. The quantitative estimate of drug-likeness (QED) is 0.764. The molecule has 2 unspecified atom stereocenters. The number of hydrogen-bond donors (Lipinski definition) is 2. The van der Waals surface area contributed by atoms with Crippen LogP contribution in [0.1, 0.15) is 48.7 Å². The summed E-state index contributed by atoms with van der Waals surface area (Å²) in [5.74, 6) is -0.489. The lowest BCUT2D eigenvalue weighted by atomic mass is 10.0. The molecule has 1 aliphatic rings. The Balaban J connectivity index is 2.16. The number of sulfonamides is 1. The van der Waals surface area contributed by atoms with Gasteiger partial charge in [-0.15, -0.1) is 11.3 Å². The van der Waals surface area contributed by atoms with Gasteiger partial charge in [0, 0.05) is 6.04 Å². The van der Waals surface area contributed by atoms with Gasteiger partial charge in [0.25, 0.3) is 0 Å². The van der Waals surface area contributed by atoms with E-state index in [9.17, 15) is 13.2 Å². The third-order valence-electron chi connectivity index (χ3n) is 3.74. The van der Waals surface area contributed by atoms with Gasteiger partial charge in [0.05, 0.1) is 3.79 Å². The zero-order valence-electron chi connectivity index (χ0n) is 11.6. The van der Waals surface area contributed by atoms with Crippen LogP contribution in [0, 0.1) is 5.92 Å². The van der Waals surface area contributed by atoms with Gasteiger partial charge < -0.3 is 5.11 Å². The predicted octanol–water partition coefficient (Wildman–Crippen LogP) is 3.46. The number of hydrogen-bond acceptors (Lipinski definition) is 4. The zero-order chi connectivity index (χ0) is 15.6. The molecular weight excluding hydrogens is 378 g/mol. The third-order valence-corrected chi connectivity index (χ3v) is 7.50. The van der Waals surface area contributed by atoms with Gasteiger partial charge in [-0.1, -0.05) is 19.8 Å². The molecule has 1 fully saturated rings. The lowest BCUT2D eigenvalue weighted by Crippen LogP contribution is -2.34. The molecule has 2 N–H and O–H groups in total. The van der Waals surface area contributed by atoms with E-state index < -0.39 is 16.0 Å². The smallest absolute Gasteiger partial charge is 0.345 e. The summed E-state index contributed by atoms with van der Waals surface area (Å²) in [7, 11) is -3.69. The largest absolute Gasteiger partial charge is 0.477 e. The van der Waals surface area contributed by atoms with E-state index in [1.807, 2.05) is 0 Å². The Morgan fingerprint density at radius 1 is 1.38 bits per heavy atom. The minimum atomic E-state index is -3.69. The van der Waals surface area contributed by atoms with Crippen molar-refractivity contribution in [1.29, 1.82) is 0 Å². The average Bonchev–Trinajstić information content (AvgIpc) is 2.68. The Hall–Kier alpha value is -0.440. The van der Waals surface area contributed by atoms with Crippen molar-refractivity contribution < 1.29 is 18.3 Å². The summed E-state index contributed by atoms with van der Waals surface area (Å²) in [5.41, 5.74) is 0. The fourth-order valence-electron chi connectivity index (χ4n) is 2.53. The monoisotopic (exact) mass is 395 g/mol. The molecule has 5 nitrogen and oxygen atoms in total. The number of carboxylic acid groups (broad SMARTS) is 1. The van der Waals surface area contributed by atoms with Crippen LogP contribution in [0.25, 0.3) is 0 Å². The molecule has 1 aliphatic carbocycles. The molecule has 0 amide bonds. The maximum atomic E-state index is 12.4. The van der Waals surface area contributed by atoms with Gasteiger partial charge in [0.15, 0.2) is 0 Å². The molecule has 0 bridgehead atoms. The second kappa shape index (κ2) is 6.76. The van der Waals surface area contributed by atoms with Gasteiger partial charge in [0.2, 0.25) is 10.0 Å². The van der Waals surface area contributed by atoms with Crippen LogP contribution >= 0.6 is 27.3 Å². The van der Waals surface area contributed by atoms with Gasteiger partial charge in [-0.05, 0) is 47.2 Å². The minimum Gasteiger partial charge on any atom is -0.477 e. The number of aromatic carboxylic acids is 1. The molecule has 2 atom stereocenters. The highest BCUT2D eigenvalue weighted by molar-refractivity contribution is 9.11. The topological polar surface area (TPSA) is 83.5 Å². The van der Waals surface area contributed by atoms with Crippen LogP contribution in [0.5, 0.6) is 0 Å². The first-order valence-corrected chi connectivity index (χ1v) is 9.94. The van der Waals surface area contributed by atoms with Crippen LogP contribution in [0.4, 0.5) is 0 Å². The van der Waals surface area contributed by atoms with E-state index in [2.05, 4.69) is 27.6 Å². The van der Waals surface area contributed by atoms with Crippen LogP contribution in [0.3, 0.4) is 0 Å². The molecule has 0 saturated heterocycles. The molecule has 0 spiro atoms. The van der Waals surface area contributed by atoms with E-state index in [1.165, 1.54) is 6.07 Å². The lowest BCUT2D eigenvalue weighted by Gasteiger charge is -2.16. The van der Waals surface area contributed by atoms with Crippen molar-refractivity contribution in [2.45, 2.75) is 50.0 Å². The second-order valence-corrected chi connectivity index (χ2v) is 9.54. The Kier molecular flexibility index (Phi) is 5.45. The highest BCUT2D eigenvalue weighted by atomic mass is 79.9. The number of thiophene rings is 1. The van der Waals surface area contributed by atoms with Crippen molar-refractivity contribution in [3.05, 3.63) is 14.7 Å². The number of carbonyl (C=O) groups is 1. The normalized spacial score (nSPS) is 23.7. The Morgan fingerprint density at radius 2 is 2.10 bits per heavy atom. The summed E-state index contributed by atoms with van der Waals surface area (Å²) in [5, 5.41) is 8.95. The molecule has 1 aromatic heterocycles. The third kappa shape index (κ3) is 4.28. The summed E-state index contributed by atoms with van der Waals surface area (Å²) in [6.07, 6.45) is 4.81. The number of rotatable bonds is 4. The van der Waals surface area contributed by atoms with Crippen molar-refractivity contribution in [3.63, 3.8) is 0 Å². The van der Waals surface area contributed by atoms with Crippen molar-refractivity contribution >= 4 is 43.3 Å². The predicted molar refractivity (Wildman–Crippen MR) is 85.3 cm³/mol. The van der Waals surface area contributed by atoms with Gasteiger partial charge in [0.1, 0.15) is 9.77 Å². The molecule has 1 aromatic rings. The number of halogens is 1. The van der Waals surface area contributed by atoms with Crippen LogP contribution in [-0.2, 0) is 10.0 Å². The molecule has 118 valence electrons. The van der Waals surface area contributed by atoms with Crippen LogP contribution in [0.2, 0.25) is 0 Å². The maximum Gasteiger partial charge on any atom is 0.345 e. The van der Waals surface area contributed by atoms with Gasteiger partial charge in [-0.2, -0.15) is 0 Å². The Morgan fingerprint density at radius 3 is 2.71 bits per heavy atom. The first-order valence-electron chi connectivity index (χ1n) is 6.84. The number of carboxylic acids is 1. The SMILES string of the molecule is CC1CCCC(NS(=O)(=O)c2cc(C(=O)O)sc2Br)CC1. The minimum absolute atomic E-state index is 0.0109. The summed E-state index contributed by atoms with van der Waals surface area (Å²) in [6, 6.07) is 1.14. The van der Waals surface area contributed by atoms with E-state index in [1.54, 1.807) is 0 Å². The molecule has 21 heavy (non-hydrogen) atoms. The maximum absolute atomic E-state index is 12.4. The number of nitrogens with one attached hydrogen (secondary N) is 1. The summed E-state index contributed by atoms with van der Waals surface area (Å²) in [6.45, 7) is 2.19. The van der Waals surface area contributed by atoms with Gasteiger partial charge in [-0.25, -0.2) is 17.9 Å². The Labute approximate surface area is 136 Å². The molecule has 0 aliphatic heterocycles. The van der Waals surface area contributed by atoms with Crippen LogP contribution < -0.4 is 4.72 Å². The van der Waals surface area contributed by atoms with Crippen LogP contribution in [-0.4, -0.2) is 25.5 Å². The molecule has 2 rings (SSSR count). The van der Waals surface area contributed by atoms with E-state index in [4.69, 9.17) is 5.11 Å². The van der Waals surface area contributed by atoms with Gasteiger partial charge >= 0.3 is 5.97 Å². The molecule has 8 heteroatoms. The standard InChI is InChI=1S/C13H18BrNO4S2/c1-8-3-2-4-9(6-5-8)15-21(18,19)11-7-10(13(16)17)20-12(11)14/h7-9,15H,2-6H2,1H3,(H,16,17). The molecule has 1 heterocycles. The summed E-state index contributed by atoms with van der Waals surface area (Å²) >= 11 is 4.06. The lowest BCUT2D eigenvalue weighted by molar-refractivity contribution is 0.0702. The van der Waals surface area contributed by atoms with Crippen molar-refractivity contribution in [2.24, 2.45) is 5.92 Å². The second-order valence-electron chi connectivity index (χ2n) is 5.49. The van der Waals surface area contributed by atoms with E-state index >= 15 is 0 Å². The highest BCUT2D eigenvalue weighted by Crippen LogP contribution is 2.32. The van der Waals surface area contributed by atoms with Crippen molar-refractivity contribution in [2.75, 3.05) is 0 Å². The van der Waals surface area contributed by atoms with E-state index in [0.29, 0.717) is 9.70 Å². The van der Waals surface area contributed by atoms with Crippen molar-refractivity contribution in [3.8, 4) is 0 Å². The summed E-state index contributed by atoms with van der Waals surface area (Å²) < 4.78 is 27.9. The zero-order valence-corrected chi connectivity index (χ0v) is 14.9. The fraction of sp³-hybridized carbons (Fsp3) is 0.615. The summed E-state index contributed by atoms with van der Waals surface area (Å²) in [4.78, 5) is 11.0. The van der Waals surface area contributed by atoms with Crippen molar-refractivity contribution in [1.82, 2.24) is 4.72 Å². The first kappa shape index (κ1) is 16.9. The molecular formula is C13H18BrNO4S2. The van der Waals surface area contributed by atoms with Crippen LogP contribution in [0.15, 0.2) is 14.7 Å². The van der Waals surface area contributed by atoms with E-state index in [-0.39, 0.29) is 15.8 Å². The fourth-order valence-corrected chi connectivity index (χ4v) is 6.24. The average molecular weight is 396 g/mol.